The highest BCUT2D eigenvalue weighted by atomic mass is 79.9. The maximum absolute atomic E-state index is 12.4. The summed E-state index contributed by atoms with van der Waals surface area (Å²) in [7, 11) is 6.48. The van der Waals surface area contributed by atoms with Crippen LogP contribution in [0.25, 0.3) is 0 Å². The van der Waals surface area contributed by atoms with Crippen LogP contribution in [-0.4, -0.2) is 40.8 Å². The summed E-state index contributed by atoms with van der Waals surface area (Å²) in [6.45, 7) is 2.22. The van der Waals surface area contributed by atoms with Crippen LogP contribution >= 0.6 is 15.9 Å². The number of nitrogens with zero attached hydrogens (tertiary/aromatic N) is 1. The second-order valence-electron chi connectivity index (χ2n) is 5.75. The lowest BCUT2D eigenvalue weighted by molar-refractivity contribution is -0.114. The van der Waals surface area contributed by atoms with Gasteiger partial charge in [-0.05, 0) is 30.7 Å². The maximum atomic E-state index is 12.4. The molecular weight excluding hydrogens is 400 g/mol. The van der Waals surface area contributed by atoms with Gasteiger partial charge in [0, 0.05) is 35.0 Å². The molecule has 0 spiro atoms. The first-order chi connectivity index (χ1) is 12.4. The molecule has 26 heavy (non-hydrogen) atoms. The molecule has 0 aromatic heterocycles. The monoisotopic (exact) mass is 422 g/mol. The van der Waals surface area contributed by atoms with E-state index < -0.39 is 0 Å². The zero-order valence-electron chi connectivity index (χ0n) is 15.6. The second-order valence-corrected chi connectivity index (χ2v) is 6.61. The van der Waals surface area contributed by atoms with Crippen molar-refractivity contribution in [3.8, 4) is 17.2 Å². The van der Waals surface area contributed by atoms with Gasteiger partial charge in [0.1, 0.15) is 0 Å². The number of ether oxygens (including phenoxy) is 3. The molecule has 2 aromatic carbocycles. The molecule has 1 N–H and O–H groups in total. The molecule has 0 radical (unpaired) electrons. The van der Waals surface area contributed by atoms with E-state index in [-0.39, 0.29) is 12.5 Å². The Kier molecular flexibility index (Phi) is 6.74. The zero-order chi connectivity index (χ0) is 19.3. The average Bonchev–Trinajstić information content (AvgIpc) is 2.62. The van der Waals surface area contributed by atoms with Crippen molar-refractivity contribution in [2.45, 2.75) is 6.92 Å². The van der Waals surface area contributed by atoms with Gasteiger partial charge in [0.25, 0.3) is 0 Å². The van der Waals surface area contributed by atoms with Crippen LogP contribution in [0.5, 0.6) is 17.2 Å². The van der Waals surface area contributed by atoms with Crippen LogP contribution in [0, 0.1) is 6.92 Å². The third-order valence-electron chi connectivity index (χ3n) is 3.91. The van der Waals surface area contributed by atoms with Crippen molar-refractivity contribution in [2.75, 3.05) is 45.1 Å². The van der Waals surface area contributed by atoms with Gasteiger partial charge in [0.05, 0.1) is 27.9 Å². The third kappa shape index (κ3) is 4.60. The third-order valence-corrected chi connectivity index (χ3v) is 4.80. The minimum atomic E-state index is -0.151. The van der Waals surface area contributed by atoms with E-state index in [1.165, 1.54) is 21.3 Å². The molecule has 0 bridgehead atoms. The number of hydrogen-bond acceptors (Lipinski definition) is 5. The van der Waals surface area contributed by atoms with Gasteiger partial charge in [0.2, 0.25) is 11.7 Å². The molecule has 0 saturated heterocycles. The molecule has 0 aliphatic heterocycles. The van der Waals surface area contributed by atoms with Gasteiger partial charge in [-0.15, -0.1) is 0 Å². The zero-order valence-corrected chi connectivity index (χ0v) is 17.1. The molecule has 2 aromatic rings. The van der Waals surface area contributed by atoms with Gasteiger partial charge < -0.3 is 24.4 Å². The first kappa shape index (κ1) is 19.9. The van der Waals surface area contributed by atoms with Gasteiger partial charge in [-0.2, -0.15) is 0 Å². The van der Waals surface area contributed by atoms with Crippen molar-refractivity contribution in [3.63, 3.8) is 0 Å². The van der Waals surface area contributed by atoms with Crippen LogP contribution in [-0.2, 0) is 4.79 Å². The number of halogens is 1. The Balaban J connectivity index is 2.12. The van der Waals surface area contributed by atoms with Crippen molar-refractivity contribution < 1.29 is 19.0 Å². The topological polar surface area (TPSA) is 60.0 Å². The second kappa shape index (κ2) is 8.80. The predicted molar refractivity (Wildman–Crippen MR) is 107 cm³/mol. The van der Waals surface area contributed by atoms with Crippen LogP contribution in [0.1, 0.15) is 5.56 Å². The highest BCUT2D eigenvalue weighted by molar-refractivity contribution is 9.10. The van der Waals surface area contributed by atoms with E-state index in [4.69, 9.17) is 14.2 Å². The number of benzene rings is 2. The van der Waals surface area contributed by atoms with Crippen molar-refractivity contribution in [1.29, 1.82) is 0 Å². The number of hydrogen-bond donors (Lipinski definition) is 1. The number of carbonyl (C=O) groups is 1. The van der Waals surface area contributed by atoms with Gasteiger partial charge in [0.15, 0.2) is 11.5 Å². The molecule has 0 aliphatic rings. The summed E-state index contributed by atoms with van der Waals surface area (Å²) in [5.74, 6) is 1.30. The molecule has 7 heteroatoms. The first-order valence-electron chi connectivity index (χ1n) is 7.96. The molecule has 0 heterocycles. The Labute approximate surface area is 162 Å². The molecule has 0 atom stereocenters. The lowest BCUT2D eigenvalue weighted by atomic mass is 10.2. The smallest absolute Gasteiger partial charge is 0.243 e. The fourth-order valence-corrected chi connectivity index (χ4v) is 2.77. The van der Waals surface area contributed by atoms with Crippen LogP contribution < -0.4 is 24.4 Å². The number of aryl methyl sites for hydroxylation is 1. The van der Waals surface area contributed by atoms with Crippen molar-refractivity contribution in [1.82, 2.24) is 0 Å². The van der Waals surface area contributed by atoms with Crippen molar-refractivity contribution in [2.24, 2.45) is 0 Å². The van der Waals surface area contributed by atoms with E-state index in [2.05, 4.69) is 21.2 Å². The molecule has 0 fully saturated rings. The van der Waals surface area contributed by atoms with Crippen LogP contribution in [0.15, 0.2) is 34.8 Å². The van der Waals surface area contributed by atoms with E-state index in [0.717, 1.165) is 15.7 Å². The fraction of sp³-hybridized carbons (Fsp3) is 0.316. The summed E-state index contributed by atoms with van der Waals surface area (Å²) >= 11 is 3.48. The number of anilines is 2. The van der Waals surface area contributed by atoms with Crippen LogP contribution in [0.2, 0.25) is 0 Å². The normalized spacial score (nSPS) is 10.2. The van der Waals surface area contributed by atoms with E-state index >= 15 is 0 Å². The Morgan fingerprint density at radius 2 is 1.69 bits per heavy atom. The molecule has 0 saturated carbocycles. The summed E-state index contributed by atoms with van der Waals surface area (Å²) in [5, 5.41) is 2.86. The van der Waals surface area contributed by atoms with Crippen LogP contribution in [0.4, 0.5) is 11.4 Å². The molecule has 1 amide bonds. The molecule has 2 rings (SSSR count). The number of likely N-dealkylation sites (N-methyl/N-ethyl adjacent to an activating group) is 1. The van der Waals surface area contributed by atoms with E-state index in [0.29, 0.717) is 22.9 Å². The Hall–Kier alpha value is -2.41. The quantitative estimate of drug-likeness (QED) is 0.733. The summed E-state index contributed by atoms with van der Waals surface area (Å²) in [6, 6.07) is 9.35. The standard InChI is InChI=1S/C19H23BrN2O4/c1-12-8-14(6-7-15(12)20)22(2)11-18(23)21-13-9-16(24-3)19(26-5)17(10-13)25-4/h6-10H,11H2,1-5H3,(H,21,23). The largest absolute Gasteiger partial charge is 0.493 e. The maximum Gasteiger partial charge on any atom is 0.243 e. The van der Waals surface area contributed by atoms with Gasteiger partial charge in [-0.25, -0.2) is 0 Å². The number of nitrogens with one attached hydrogen (secondary N) is 1. The fourth-order valence-electron chi connectivity index (χ4n) is 2.53. The molecule has 0 aliphatic carbocycles. The minimum Gasteiger partial charge on any atom is -0.493 e. The Morgan fingerprint density at radius 3 is 2.19 bits per heavy atom. The number of methoxy groups -OCH3 is 3. The van der Waals surface area contributed by atoms with E-state index in [9.17, 15) is 4.79 Å². The number of rotatable bonds is 7. The van der Waals surface area contributed by atoms with Gasteiger partial charge in [-0.3, -0.25) is 4.79 Å². The minimum absolute atomic E-state index is 0.151. The lowest BCUT2D eigenvalue weighted by Crippen LogP contribution is -2.30. The summed E-state index contributed by atoms with van der Waals surface area (Å²) in [5.41, 5.74) is 2.65. The Bertz CT molecular complexity index is 770. The van der Waals surface area contributed by atoms with Crippen molar-refractivity contribution in [3.05, 3.63) is 40.4 Å². The molecule has 6 nitrogen and oxygen atoms in total. The molecule has 140 valence electrons. The highest BCUT2D eigenvalue weighted by Crippen LogP contribution is 2.39. The predicted octanol–water partition coefficient (Wildman–Crippen LogP) is 3.86. The average molecular weight is 423 g/mol. The van der Waals surface area contributed by atoms with Crippen LogP contribution in [0.3, 0.4) is 0 Å². The van der Waals surface area contributed by atoms with Gasteiger partial charge in [-0.1, -0.05) is 15.9 Å². The first-order valence-corrected chi connectivity index (χ1v) is 8.76. The Morgan fingerprint density at radius 1 is 1.08 bits per heavy atom. The van der Waals surface area contributed by atoms with Gasteiger partial charge >= 0.3 is 0 Å². The summed E-state index contributed by atoms with van der Waals surface area (Å²) < 4.78 is 16.9. The SMILES string of the molecule is COc1cc(NC(=O)CN(C)c2ccc(Br)c(C)c2)cc(OC)c1OC. The molecule has 0 unspecified atom stereocenters. The summed E-state index contributed by atoms with van der Waals surface area (Å²) in [4.78, 5) is 14.3. The van der Waals surface area contributed by atoms with E-state index in [1.807, 2.05) is 37.1 Å². The lowest BCUT2D eigenvalue weighted by Gasteiger charge is -2.20. The number of amides is 1. The highest BCUT2D eigenvalue weighted by Gasteiger charge is 2.15. The van der Waals surface area contributed by atoms with E-state index in [1.54, 1.807) is 12.1 Å². The summed E-state index contributed by atoms with van der Waals surface area (Å²) in [6.07, 6.45) is 0. The molecular formula is C19H23BrN2O4. The van der Waals surface area contributed by atoms with Crippen molar-refractivity contribution >= 4 is 33.2 Å². The number of carbonyl (C=O) groups excluding carboxylic acids is 1.